The molecule has 0 saturated carbocycles. The molecule has 0 aliphatic carbocycles. The van der Waals surface area contributed by atoms with E-state index in [1.807, 2.05) is 0 Å². The van der Waals surface area contributed by atoms with Crippen LogP contribution in [-0.2, 0) is 22.6 Å². The van der Waals surface area contributed by atoms with Crippen LogP contribution in [0.5, 0.6) is 0 Å². The minimum atomic E-state index is 0.241. The van der Waals surface area contributed by atoms with E-state index < -0.39 is 0 Å². The smallest absolute Gasteiger partial charge is 0.219 e. The van der Waals surface area contributed by atoms with Crippen molar-refractivity contribution in [3.8, 4) is 0 Å². The average Bonchev–Trinajstić information content (AvgIpc) is 3.14. The maximum absolute atomic E-state index is 12.1. The molecule has 0 N–H and O–H groups in total. The Morgan fingerprint density at radius 2 is 2.00 bits per heavy atom. The number of ether oxygens (including phenoxy) is 1. The fourth-order valence-corrected chi connectivity index (χ4v) is 5.07. The number of rotatable bonds is 5. The number of methoxy groups -OCH3 is 1. The second-order valence-corrected chi connectivity index (χ2v) is 7.96. The molecule has 27 heavy (non-hydrogen) atoms. The Balaban J connectivity index is 1.58. The Labute approximate surface area is 161 Å². The largest absolute Gasteiger partial charge is 0.383 e. The van der Waals surface area contributed by atoms with Crippen molar-refractivity contribution in [1.29, 1.82) is 0 Å². The Morgan fingerprint density at radius 3 is 2.81 bits per heavy atom. The predicted molar refractivity (Wildman–Crippen MR) is 108 cm³/mol. The molecule has 4 rings (SSSR count). The summed E-state index contributed by atoms with van der Waals surface area (Å²) >= 11 is 0. The maximum Gasteiger partial charge on any atom is 0.219 e. The lowest BCUT2D eigenvalue weighted by atomic mass is 10.0. The van der Waals surface area contributed by atoms with Crippen LogP contribution in [-0.4, -0.2) is 59.2 Å². The fraction of sp³-hybridized carbons (Fsp3) is 0.591. The SMILES string of the molecule is COCCn1cc(CN2CC[C@@H]3[C@H]2CCCCN3C(C)=O)c2ccccc21. The van der Waals surface area contributed by atoms with E-state index in [0.717, 1.165) is 45.6 Å². The van der Waals surface area contributed by atoms with Crippen LogP contribution < -0.4 is 0 Å². The summed E-state index contributed by atoms with van der Waals surface area (Å²) in [4.78, 5) is 16.9. The van der Waals surface area contributed by atoms with Crippen molar-refractivity contribution in [2.24, 2.45) is 0 Å². The Kier molecular flexibility index (Phi) is 5.50. The van der Waals surface area contributed by atoms with E-state index in [4.69, 9.17) is 4.74 Å². The van der Waals surface area contributed by atoms with Crippen LogP contribution in [0, 0.1) is 0 Å². The van der Waals surface area contributed by atoms with Gasteiger partial charge in [-0.2, -0.15) is 0 Å². The van der Waals surface area contributed by atoms with Gasteiger partial charge in [0.15, 0.2) is 0 Å². The summed E-state index contributed by atoms with van der Waals surface area (Å²) in [6.07, 6.45) is 6.97. The van der Waals surface area contributed by atoms with Gasteiger partial charge in [-0.3, -0.25) is 9.69 Å². The van der Waals surface area contributed by atoms with Crippen LogP contribution in [0.1, 0.15) is 38.2 Å². The molecule has 146 valence electrons. The molecule has 2 atom stereocenters. The number of nitrogens with zero attached hydrogens (tertiary/aromatic N) is 3. The van der Waals surface area contributed by atoms with E-state index in [0.29, 0.717) is 12.1 Å². The molecule has 0 bridgehead atoms. The number of hydrogen-bond acceptors (Lipinski definition) is 3. The van der Waals surface area contributed by atoms with Crippen LogP contribution in [0.25, 0.3) is 10.9 Å². The minimum Gasteiger partial charge on any atom is -0.383 e. The molecular weight excluding hydrogens is 338 g/mol. The summed E-state index contributed by atoms with van der Waals surface area (Å²) in [5.41, 5.74) is 2.67. The van der Waals surface area contributed by atoms with Gasteiger partial charge in [-0.1, -0.05) is 24.6 Å². The number of fused-ring (bicyclic) bond motifs is 2. The number of benzene rings is 1. The van der Waals surface area contributed by atoms with Crippen LogP contribution in [0.3, 0.4) is 0 Å². The lowest BCUT2D eigenvalue weighted by molar-refractivity contribution is -0.131. The molecule has 3 heterocycles. The van der Waals surface area contributed by atoms with Crippen molar-refractivity contribution < 1.29 is 9.53 Å². The lowest BCUT2D eigenvalue weighted by Gasteiger charge is -2.32. The van der Waals surface area contributed by atoms with Gasteiger partial charge in [0.05, 0.1) is 6.61 Å². The van der Waals surface area contributed by atoms with Crippen LogP contribution >= 0.6 is 0 Å². The van der Waals surface area contributed by atoms with E-state index in [-0.39, 0.29) is 5.91 Å². The molecule has 2 fully saturated rings. The molecule has 2 aliphatic heterocycles. The first-order valence-corrected chi connectivity index (χ1v) is 10.3. The van der Waals surface area contributed by atoms with Crippen LogP contribution in [0.2, 0.25) is 0 Å². The summed E-state index contributed by atoms with van der Waals surface area (Å²) < 4.78 is 7.60. The standard InChI is InChI=1S/C22H31N3O2/c1-17(26)25-11-6-5-9-21-22(25)10-12-23(21)15-18-16-24(13-14-27-2)20-8-4-3-7-19(18)20/h3-4,7-8,16,21-22H,5-6,9-15H2,1-2H3/t21-,22-/m1/s1. The Hall–Kier alpha value is -1.85. The molecular formula is C22H31N3O2. The van der Waals surface area contributed by atoms with Crippen molar-refractivity contribution in [3.63, 3.8) is 0 Å². The summed E-state index contributed by atoms with van der Waals surface area (Å²) in [6.45, 7) is 6.31. The highest BCUT2D eigenvalue weighted by Crippen LogP contribution is 2.33. The van der Waals surface area contributed by atoms with Crippen molar-refractivity contribution in [1.82, 2.24) is 14.4 Å². The first kappa shape index (κ1) is 18.5. The van der Waals surface area contributed by atoms with E-state index in [1.54, 1.807) is 14.0 Å². The summed E-state index contributed by atoms with van der Waals surface area (Å²) in [7, 11) is 1.75. The number of amides is 1. The maximum atomic E-state index is 12.1. The number of likely N-dealkylation sites (tertiary alicyclic amines) is 2. The fourth-order valence-electron chi connectivity index (χ4n) is 5.07. The minimum absolute atomic E-state index is 0.241. The van der Waals surface area contributed by atoms with Crippen molar-refractivity contribution in [2.45, 2.75) is 57.8 Å². The molecule has 0 spiro atoms. The molecule has 1 aromatic carbocycles. The second kappa shape index (κ2) is 8.03. The first-order chi connectivity index (χ1) is 13.2. The molecule has 5 heteroatoms. The van der Waals surface area contributed by atoms with Crippen LogP contribution in [0.15, 0.2) is 30.5 Å². The number of carbonyl (C=O) groups is 1. The zero-order valence-corrected chi connectivity index (χ0v) is 16.6. The van der Waals surface area contributed by atoms with E-state index in [9.17, 15) is 4.79 Å². The highest BCUT2D eigenvalue weighted by Gasteiger charge is 2.39. The van der Waals surface area contributed by atoms with Gasteiger partial charge < -0.3 is 14.2 Å². The molecule has 2 aliphatic rings. The normalized spacial score (nSPS) is 23.6. The number of aromatic nitrogens is 1. The summed E-state index contributed by atoms with van der Waals surface area (Å²) in [5, 5.41) is 1.34. The molecule has 1 aromatic heterocycles. The topological polar surface area (TPSA) is 37.7 Å². The summed E-state index contributed by atoms with van der Waals surface area (Å²) in [6, 6.07) is 9.56. The zero-order valence-electron chi connectivity index (χ0n) is 16.6. The van der Waals surface area contributed by atoms with Crippen molar-refractivity contribution in [2.75, 3.05) is 26.8 Å². The number of carbonyl (C=O) groups excluding carboxylic acids is 1. The Bertz CT molecular complexity index is 800. The van der Waals surface area contributed by atoms with Gasteiger partial charge in [0.25, 0.3) is 0 Å². The monoisotopic (exact) mass is 369 g/mol. The molecule has 1 amide bonds. The second-order valence-electron chi connectivity index (χ2n) is 7.96. The first-order valence-electron chi connectivity index (χ1n) is 10.3. The van der Waals surface area contributed by atoms with E-state index >= 15 is 0 Å². The molecule has 2 saturated heterocycles. The van der Waals surface area contributed by atoms with Crippen molar-refractivity contribution >= 4 is 16.8 Å². The van der Waals surface area contributed by atoms with Gasteiger partial charge in [0.1, 0.15) is 0 Å². The molecule has 5 nitrogen and oxygen atoms in total. The van der Waals surface area contributed by atoms with Crippen LogP contribution in [0.4, 0.5) is 0 Å². The quantitative estimate of drug-likeness (QED) is 0.812. The zero-order chi connectivity index (χ0) is 18.8. The average molecular weight is 370 g/mol. The van der Waals surface area contributed by atoms with Gasteiger partial charge in [-0.25, -0.2) is 0 Å². The van der Waals surface area contributed by atoms with E-state index in [2.05, 4.69) is 44.8 Å². The van der Waals surface area contributed by atoms with Gasteiger partial charge in [0.2, 0.25) is 5.91 Å². The third kappa shape index (κ3) is 3.63. The molecule has 2 aromatic rings. The lowest BCUT2D eigenvalue weighted by Crippen LogP contribution is -2.45. The van der Waals surface area contributed by atoms with Gasteiger partial charge in [-0.15, -0.1) is 0 Å². The molecule has 0 radical (unpaired) electrons. The third-order valence-corrected chi connectivity index (χ3v) is 6.36. The number of para-hydroxylation sites is 1. The number of hydrogen-bond donors (Lipinski definition) is 0. The van der Waals surface area contributed by atoms with Gasteiger partial charge >= 0.3 is 0 Å². The predicted octanol–water partition coefficient (Wildman–Crippen LogP) is 3.26. The molecule has 0 unspecified atom stereocenters. The highest BCUT2D eigenvalue weighted by molar-refractivity contribution is 5.84. The van der Waals surface area contributed by atoms with Crippen molar-refractivity contribution in [3.05, 3.63) is 36.0 Å². The summed E-state index contributed by atoms with van der Waals surface area (Å²) in [5.74, 6) is 0.241. The van der Waals surface area contributed by atoms with Gasteiger partial charge in [0, 0.05) is 69.4 Å². The third-order valence-electron chi connectivity index (χ3n) is 6.36. The van der Waals surface area contributed by atoms with Gasteiger partial charge in [-0.05, 0) is 30.9 Å². The highest BCUT2D eigenvalue weighted by atomic mass is 16.5. The van der Waals surface area contributed by atoms with E-state index in [1.165, 1.54) is 29.3 Å². The Morgan fingerprint density at radius 1 is 1.15 bits per heavy atom.